The van der Waals surface area contributed by atoms with Gasteiger partial charge in [-0.3, -0.25) is 0 Å². The Balaban J connectivity index is 3.02. The van der Waals surface area contributed by atoms with Gasteiger partial charge in [0.05, 0.1) is 0 Å². The number of hydrogen-bond acceptors (Lipinski definition) is 3. The monoisotopic (exact) mass is 169 g/mol. The Labute approximate surface area is 72.6 Å². The van der Waals surface area contributed by atoms with Crippen LogP contribution in [0.3, 0.4) is 0 Å². The molecular weight excluding hydrogens is 154 g/mol. The van der Waals surface area contributed by atoms with Gasteiger partial charge >= 0.3 is 0 Å². The summed E-state index contributed by atoms with van der Waals surface area (Å²) in [5.41, 5.74) is -0.314. The number of nitrogens with zero attached hydrogens (tertiary/aromatic N) is 3. The van der Waals surface area contributed by atoms with Crippen LogP contribution in [0.2, 0.25) is 0 Å². The highest BCUT2D eigenvalue weighted by molar-refractivity contribution is 4.99. The summed E-state index contributed by atoms with van der Waals surface area (Å²) in [5, 5.41) is 7.83. The molecule has 0 saturated carbocycles. The molecular formula is C8H15N3O. The number of ether oxygens (including phenoxy) is 1. The Hall–Kier alpha value is -0.900. The molecule has 68 valence electrons. The number of rotatable bonds is 3. The van der Waals surface area contributed by atoms with Crippen molar-refractivity contribution in [1.29, 1.82) is 0 Å². The standard InChI is InChI=1S/C8H15N3O/c1-5-8(2,12-4)7-10-9-6-11(7)3/h6H,5H2,1-4H3. The molecule has 12 heavy (non-hydrogen) atoms. The molecule has 0 aliphatic heterocycles. The van der Waals surface area contributed by atoms with Crippen LogP contribution in [0.4, 0.5) is 0 Å². The van der Waals surface area contributed by atoms with Crippen molar-refractivity contribution in [2.75, 3.05) is 7.11 Å². The van der Waals surface area contributed by atoms with Crippen molar-refractivity contribution in [3.05, 3.63) is 12.2 Å². The summed E-state index contributed by atoms with van der Waals surface area (Å²) in [6, 6.07) is 0. The third-order valence-corrected chi connectivity index (χ3v) is 2.31. The van der Waals surface area contributed by atoms with Crippen molar-refractivity contribution in [3.8, 4) is 0 Å². The van der Waals surface area contributed by atoms with Crippen LogP contribution in [0.5, 0.6) is 0 Å². The van der Waals surface area contributed by atoms with Crippen molar-refractivity contribution in [3.63, 3.8) is 0 Å². The minimum Gasteiger partial charge on any atom is -0.371 e. The van der Waals surface area contributed by atoms with E-state index in [0.717, 1.165) is 12.2 Å². The summed E-state index contributed by atoms with van der Waals surface area (Å²) >= 11 is 0. The van der Waals surface area contributed by atoms with Crippen molar-refractivity contribution in [2.45, 2.75) is 25.9 Å². The summed E-state index contributed by atoms with van der Waals surface area (Å²) in [5.74, 6) is 0.868. The van der Waals surface area contributed by atoms with Crippen molar-refractivity contribution in [2.24, 2.45) is 7.05 Å². The van der Waals surface area contributed by atoms with E-state index in [1.807, 2.05) is 18.5 Å². The van der Waals surface area contributed by atoms with Crippen molar-refractivity contribution >= 4 is 0 Å². The highest BCUT2D eigenvalue weighted by Crippen LogP contribution is 2.25. The smallest absolute Gasteiger partial charge is 0.164 e. The Bertz CT molecular complexity index is 253. The lowest BCUT2D eigenvalue weighted by Crippen LogP contribution is -2.27. The largest absolute Gasteiger partial charge is 0.371 e. The molecule has 1 atom stereocenters. The van der Waals surface area contributed by atoms with Gasteiger partial charge in [-0.05, 0) is 13.3 Å². The van der Waals surface area contributed by atoms with E-state index in [0.29, 0.717) is 0 Å². The molecule has 0 radical (unpaired) electrons. The first-order valence-electron chi connectivity index (χ1n) is 4.03. The SMILES string of the molecule is CCC(C)(OC)c1nncn1C. The van der Waals surface area contributed by atoms with E-state index in [4.69, 9.17) is 4.74 Å². The van der Waals surface area contributed by atoms with Gasteiger partial charge in [-0.1, -0.05) is 6.92 Å². The highest BCUT2D eigenvalue weighted by Gasteiger charge is 2.28. The minimum absolute atomic E-state index is 0.314. The molecule has 4 nitrogen and oxygen atoms in total. The number of methoxy groups -OCH3 is 1. The van der Waals surface area contributed by atoms with Crippen LogP contribution >= 0.6 is 0 Å². The van der Waals surface area contributed by atoms with Gasteiger partial charge in [-0.2, -0.15) is 0 Å². The maximum atomic E-state index is 5.39. The van der Waals surface area contributed by atoms with Crippen molar-refractivity contribution in [1.82, 2.24) is 14.8 Å². The van der Waals surface area contributed by atoms with Gasteiger partial charge in [0.1, 0.15) is 11.9 Å². The number of aryl methyl sites for hydroxylation is 1. The van der Waals surface area contributed by atoms with Crippen LogP contribution in [0.15, 0.2) is 6.33 Å². The minimum atomic E-state index is -0.314. The first-order valence-corrected chi connectivity index (χ1v) is 4.03. The molecule has 1 aromatic heterocycles. The second kappa shape index (κ2) is 3.23. The van der Waals surface area contributed by atoms with Crippen LogP contribution in [0.25, 0.3) is 0 Å². The zero-order valence-corrected chi connectivity index (χ0v) is 8.03. The molecule has 0 amide bonds. The van der Waals surface area contributed by atoms with Crippen LogP contribution in [-0.4, -0.2) is 21.9 Å². The average molecular weight is 169 g/mol. The van der Waals surface area contributed by atoms with Gasteiger partial charge in [-0.15, -0.1) is 10.2 Å². The Morgan fingerprint density at radius 3 is 2.67 bits per heavy atom. The fourth-order valence-corrected chi connectivity index (χ4v) is 1.16. The molecule has 0 aromatic carbocycles. The van der Waals surface area contributed by atoms with Gasteiger partial charge in [0.2, 0.25) is 0 Å². The molecule has 4 heteroatoms. The first kappa shape index (κ1) is 9.19. The first-order chi connectivity index (χ1) is 5.64. The van der Waals surface area contributed by atoms with Crippen LogP contribution < -0.4 is 0 Å². The lowest BCUT2D eigenvalue weighted by molar-refractivity contribution is -0.0114. The second-order valence-corrected chi connectivity index (χ2v) is 3.05. The van der Waals surface area contributed by atoms with Gasteiger partial charge < -0.3 is 9.30 Å². The topological polar surface area (TPSA) is 39.9 Å². The average Bonchev–Trinajstić information content (AvgIpc) is 2.51. The number of aromatic nitrogens is 3. The van der Waals surface area contributed by atoms with E-state index in [9.17, 15) is 0 Å². The Morgan fingerprint density at radius 2 is 2.33 bits per heavy atom. The molecule has 1 rings (SSSR count). The van der Waals surface area contributed by atoms with E-state index < -0.39 is 0 Å². The Morgan fingerprint density at radius 1 is 1.67 bits per heavy atom. The van der Waals surface area contributed by atoms with E-state index in [2.05, 4.69) is 17.1 Å². The molecule has 0 saturated heterocycles. The predicted molar refractivity (Wildman–Crippen MR) is 45.7 cm³/mol. The van der Waals surface area contributed by atoms with Crippen LogP contribution in [0, 0.1) is 0 Å². The summed E-state index contributed by atoms with van der Waals surface area (Å²) in [6.07, 6.45) is 2.57. The summed E-state index contributed by atoms with van der Waals surface area (Å²) in [4.78, 5) is 0. The number of hydrogen-bond donors (Lipinski definition) is 0. The zero-order valence-electron chi connectivity index (χ0n) is 8.03. The molecule has 1 heterocycles. The fourth-order valence-electron chi connectivity index (χ4n) is 1.16. The summed E-state index contributed by atoms with van der Waals surface area (Å²) in [7, 11) is 3.61. The molecule has 0 aliphatic rings. The maximum absolute atomic E-state index is 5.39. The molecule has 1 aromatic rings. The fraction of sp³-hybridized carbons (Fsp3) is 0.750. The van der Waals surface area contributed by atoms with E-state index >= 15 is 0 Å². The summed E-state index contributed by atoms with van der Waals surface area (Å²) < 4.78 is 7.27. The van der Waals surface area contributed by atoms with Crippen molar-refractivity contribution < 1.29 is 4.74 Å². The lowest BCUT2D eigenvalue weighted by atomic mass is 10.0. The normalized spacial score (nSPS) is 16.0. The predicted octanol–water partition coefficient (Wildman–Crippen LogP) is 1.09. The van der Waals surface area contributed by atoms with Gasteiger partial charge in [0.25, 0.3) is 0 Å². The summed E-state index contributed by atoms with van der Waals surface area (Å²) in [6.45, 7) is 4.08. The van der Waals surface area contributed by atoms with Gasteiger partial charge in [0.15, 0.2) is 5.82 Å². The third kappa shape index (κ3) is 1.34. The van der Waals surface area contributed by atoms with E-state index in [1.165, 1.54) is 0 Å². The van der Waals surface area contributed by atoms with Crippen LogP contribution in [-0.2, 0) is 17.4 Å². The maximum Gasteiger partial charge on any atom is 0.164 e. The van der Waals surface area contributed by atoms with Gasteiger partial charge in [0, 0.05) is 14.2 Å². The lowest BCUT2D eigenvalue weighted by Gasteiger charge is -2.24. The molecule has 0 N–H and O–H groups in total. The molecule has 0 aliphatic carbocycles. The van der Waals surface area contributed by atoms with Gasteiger partial charge in [-0.25, -0.2) is 0 Å². The Kier molecular flexibility index (Phi) is 2.47. The third-order valence-electron chi connectivity index (χ3n) is 2.31. The molecule has 0 fully saturated rings. The quantitative estimate of drug-likeness (QED) is 0.680. The van der Waals surface area contributed by atoms with E-state index in [1.54, 1.807) is 13.4 Å². The highest BCUT2D eigenvalue weighted by atomic mass is 16.5. The zero-order chi connectivity index (χ0) is 9.19. The van der Waals surface area contributed by atoms with Crippen LogP contribution in [0.1, 0.15) is 26.1 Å². The molecule has 1 unspecified atom stereocenters. The molecule has 0 spiro atoms. The molecule has 0 bridgehead atoms. The van der Waals surface area contributed by atoms with E-state index in [-0.39, 0.29) is 5.60 Å². The second-order valence-electron chi connectivity index (χ2n) is 3.05.